The van der Waals surface area contributed by atoms with Crippen LogP contribution in [-0.2, 0) is 4.79 Å². The van der Waals surface area contributed by atoms with Crippen LogP contribution in [0.5, 0.6) is 11.5 Å². The van der Waals surface area contributed by atoms with E-state index in [1.54, 1.807) is 18.2 Å². The molecule has 2 aromatic rings. The second kappa shape index (κ2) is 7.74. The van der Waals surface area contributed by atoms with E-state index >= 15 is 0 Å². The molecule has 1 aromatic heterocycles. The van der Waals surface area contributed by atoms with Crippen molar-refractivity contribution in [1.29, 1.82) is 0 Å². The Balaban J connectivity index is 1.42. The standard InChI is InChI=1S/C22H28N4O4/c1-21(2,3)14-6-8-22(9-7-14)11-17(27)16-5-4-15(10-18(16)30-22)29-12-19(28)25-20-23-13-24-26-20/h4-5,10,13-14H,6-9,11-12H2,1-3H3,(H2,23,24,25,26,28). The van der Waals surface area contributed by atoms with Crippen LogP contribution in [-0.4, -0.2) is 39.1 Å². The highest BCUT2D eigenvalue weighted by atomic mass is 16.5. The highest BCUT2D eigenvalue weighted by Crippen LogP contribution is 2.47. The third kappa shape index (κ3) is 4.32. The maximum absolute atomic E-state index is 12.8. The lowest BCUT2D eigenvalue weighted by atomic mass is 9.66. The van der Waals surface area contributed by atoms with Crippen LogP contribution >= 0.6 is 0 Å². The van der Waals surface area contributed by atoms with Crippen LogP contribution in [0.25, 0.3) is 0 Å². The number of Topliss-reactive ketones (excluding diaryl/α,β-unsaturated/α-hetero) is 1. The molecule has 2 aliphatic rings. The molecule has 1 aliphatic carbocycles. The highest BCUT2D eigenvalue weighted by molar-refractivity contribution is 6.00. The van der Waals surface area contributed by atoms with Crippen LogP contribution in [0.4, 0.5) is 5.95 Å². The highest BCUT2D eigenvalue weighted by Gasteiger charge is 2.45. The molecule has 2 heterocycles. The second-order valence-electron chi connectivity index (χ2n) is 9.35. The topological polar surface area (TPSA) is 106 Å². The maximum atomic E-state index is 12.8. The molecule has 2 N–H and O–H groups in total. The van der Waals surface area contributed by atoms with Crippen molar-refractivity contribution in [3.8, 4) is 11.5 Å². The molecule has 8 heteroatoms. The van der Waals surface area contributed by atoms with Crippen LogP contribution in [0.3, 0.4) is 0 Å². The normalized spacial score (nSPS) is 23.6. The van der Waals surface area contributed by atoms with Crippen LogP contribution in [0.2, 0.25) is 0 Å². The number of amides is 1. The summed E-state index contributed by atoms with van der Waals surface area (Å²) in [6.07, 6.45) is 5.61. The molecule has 0 atom stereocenters. The third-order valence-electron chi connectivity index (χ3n) is 6.23. The molecule has 160 valence electrons. The van der Waals surface area contributed by atoms with Crippen molar-refractivity contribution in [1.82, 2.24) is 15.2 Å². The van der Waals surface area contributed by atoms with Gasteiger partial charge in [-0.1, -0.05) is 20.8 Å². The van der Waals surface area contributed by atoms with E-state index in [0.29, 0.717) is 29.4 Å². The van der Waals surface area contributed by atoms with Crippen molar-refractivity contribution >= 4 is 17.6 Å². The van der Waals surface area contributed by atoms with Crippen LogP contribution in [0.15, 0.2) is 24.5 Å². The van der Waals surface area contributed by atoms with Crippen LogP contribution in [0.1, 0.15) is 63.2 Å². The van der Waals surface area contributed by atoms with Crippen molar-refractivity contribution < 1.29 is 19.1 Å². The number of aromatic amines is 1. The van der Waals surface area contributed by atoms with Crippen molar-refractivity contribution in [3.05, 3.63) is 30.1 Å². The average molecular weight is 412 g/mol. The molecule has 1 aliphatic heterocycles. The van der Waals surface area contributed by atoms with Crippen molar-refractivity contribution in [2.45, 2.75) is 58.5 Å². The van der Waals surface area contributed by atoms with E-state index in [1.165, 1.54) is 6.33 Å². The monoisotopic (exact) mass is 412 g/mol. The van der Waals surface area contributed by atoms with Crippen molar-refractivity contribution in [3.63, 3.8) is 0 Å². The summed E-state index contributed by atoms with van der Waals surface area (Å²) in [5.41, 5.74) is 0.427. The molecule has 8 nitrogen and oxygen atoms in total. The van der Waals surface area contributed by atoms with Gasteiger partial charge in [0.25, 0.3) is 5.91 Å². The SMILES string of the molecule is CC(C)(C)C1CCC2(CC1)CC(=O)c1ccc(OCC(=O)Nc3ncn[nH]3)cc1O2. The predicted molar refractivity (Wildman–Crippen MR) is 111 cm³/mol. The molecule has 1 fully saturated rings. The van der Waals surface area contributed by atoms with E-state index in [0.717, 1.165) is 25.7 Å². The number of hydrogen-bond donors (Lipinski definition) is 2. The number of hydrogen-bond acceptors (Lipinski definition) is 6. The lowest BCUT2D eigenvalue weighted by molar-refractivity contribution is -0.118. The smallest absolute Gasteiger partial charge is 0.264 e. The van der Waals surface area contributed by atoms with Gasteiger partial charge in [-0.2, -0.15) is 10.1 Å². The average Bonchev–Trinajstić information content (AvgIpc) is 3.18. The molecule has 1 spiro atoms. The fourth-order valence-corrected chi connectivity index (χ4v) is 4.44. The number of nitrogens with one attached hydrogen (secondary N) is 2. The second-order valence-corrected chi connectivity index (χ2v) is 9.35. The first kappa shape index (κ1) is 20.4. The van der Waals surface area contributed by atoms with Gasteiger partial charge in [-0.15, -0.1) is 0 Å². The van der Waals surface area contributed by atoms with E-state index in [4.69, 9.17) is 9.47 Å². The number of H-pyrrole nitrogens is 1. The van der Waals surface area contributed by atoms with Crippen LogP contribution in [0, 0.1) is 11.3 Å². The zero-order chi connectivity index (χ0) is 21.4. The fraction of sp³-hybridized carbons (Fsp3) is 0.545. The van der Waals surface area contributed by atoms with E-state index in [2.05, 4.69) is 41.3 Å². The molecule has 0 radical (unpaired) electrons. The molecule has 1 saturated carbocycles. The first-order chi connectivity index (χ1) is 14.2. The van der Waals surface area contributed by atoms with Gasteiger partial charge in [0.2, 0.25) is 5.95 Å². The number of carbonyl (C=O) groups is 2. The molecule has 30 heavy (non-hydrogen) atoms. The van der Waals surface area contributed by atoms with Gasteiger partial charge in [0.15, 0.2) is 12.4 Å². The lowest BCUT2D eigenvalue weighted by Crippen LogP contribution is -2.46. The summed E-state index contributed by atoms with van der Waals surface area (Å²) >= 11 is 0. The molecule has 1 amide bonds. The molecule has 0 saturated heterocycles. The number of aromatic nitrogens is 3. The van der Waals surface area contributed by atoms with E-state index in [-0.39, 0.29) is 29.7 Å². The Kier molecular flexibility index (Phi) is 5.26. The maximum Gasteiger partial charge on any atom is 0.264 e. The quantitative estimate of drug-likeness (QED) is 0.792. The van der Waals surface area contributed by atoms with Crippen LogP contribution < -0.4 is 14.8 Å². The predicted octanol–water partition coefficient (Wildman–Crippen LogP) is 3.76. The number of carbonyl (C=O) groups excluding carboxylic acids is 2. The molecule has 0 unspecified atom stereocenters. The molecular weight excluding hydrogens is 384 g/mol. The molecule has 4 rings (SSSR count). The zero-order valence-corrected chi connectivity index (χ0v) is 17.7. The van der Waals surface area contributed by atoms with Crippen molar-refractivity contribution in [2.75, 3.05) is 11.9 Å². The Bertz CT molecular complexity index is 925. The largest absolute Gasteiger partial charge is 0.486 e. The number of anilines is 1. The number of rotatable bonds is 4. The van der Waals surface area contributed by atoms with Crippen molar-refractivity contribution in [2.24, 2.45) is 11.3 Å². The van der Waals surface area contributed by atoms with E-state index in [1.807, 2.05) is 0 Å². The number of ether oxygens (including phenoxy) is 2. The summed E-state index contributed by atoms with van der Waals surface area (Å²) in [4.78, 5) is 28.6. The first-order valence-electron chi connectivity index (χ1n) is 10.4. The minimum absolute atomic E-state index is 0.111. The Labute approximate surface area is 175 Å². The van der Waals surface area contributed by atoms with E-state index in [9.17, 15) is 9.59 Å². The first-order valence-corrected chi connectivity index (χ1v) is 10.4. The number of nitrogens with zero attached hydrogens (tertiary/aromatic N) is 2. The Morgan fingerprint density at radius 3 is 2.77 bits per heavy atom. The lowest BCUT2D eigenvalue weighted by Gasteiger charge is -2.45. The summed E-state index contributed by atoms with van der Waals surface area (Å²) in [6, 6.07) is 5.12. The van der Waals surface area contributed by atoms with E-state index < -0.39 is 5.60 Å². The van der Waals surface area contributed by atoms with Gasteiger partial charge >= 0.3 is 0 Å². The van der Waals surface area contributed by atoms with Gasteiger partial charge in [-0.25, -0.2) is 5.10 Å². The number of benzene rings is 1. The fourth-order valence-electron chi connectivity index (χ4n) is 4.44. The van der Waals surface area contributed by atoms with Gasteiger partial charge in [0.1, 0.15) is 23.4 Å². The Morgan fingerprint density at radius 1 is 1.33 bits per heavy atom. The summed E-state index contributed by atoms with van der Waals surface area (Å²) < 4.78 is 12.0. The molecule has 1 aromatic carbocycles. The van der Waals surface area contributed by atoms with Gasteiger partial charge in [0, 0.05) is 6.07 Å². The number of ketones is 1. The summed E-state index contributed by atoms with van der Waals surface area (Å²) in [7, 11) is 0. The summed E-state index contributed by atoms with van der Waals surface area (Å²) in [5, 5.41) is 8.77. The Morgan fingerprint density at radius 2 is 2.10 bits per heavy atom. The molecular formula is C22H28N4O4. The van der Waals surface area contributed by atoms with Gasteiger partial charge < -0.3 is 9.47 Å². The van der Waals surface area contributed by atoms with Gasteiger partial charge in [-0.3, -0.25) is 14.9 Å². The van der Waals surface area contributed by atoms with Gasteiger partial charge in [-0.05, 0) is 49.1 Å². The molecule has 0 bridgehead atoms. The minimum Gasteiger partial charge on any atom is -0.486 e. The minimum atomic E-state index is -0.423. The zero-order valence-electron chi connectivity index (χ0n) is 17.7. The summed E-state index contributed by atoms with van der Waals surface area (Å²) in [5.74, 6) is 1.68. The third-order valence-corrected chi connectivity index (χ3v) is 6.23. The number of fused-ring (bicyclic) bond motifs is 1. The summed E-state index contributed by atoms with van der Waals surface area (Å²) in [6.45, 7) is 6.64. The van der Waals surface area contributed by atoms with Gasteiger partial charge in [0.05, 0.1) is 12.0 Å². The Hall–Kier alpha value is -2.90.